The highest BCUT2D eigenvalue weighted by Gasteiger charge is 2.24. The molecular formula is C17H20N2O4S. The normalized spacial score (nSPS) is 17.3. The molecule has 128 valence electrons. The van der Waals surface area contributed by atoms with Crippen LogP contribution in [-0.2, 0) is 16.6 Å². The molecule has 0 bridgehead atoms. The fourth-order valence-corrected chi connectivity index (χ4v) is 3.78. The van der Waals surface area contributed by atoms with Crippen molar-refractivity contribution in [2.75, 3.05) is 17.5 Å². The lowest BCUT2D eigenvalue weighted by molar-refractivity contribution is 0.402. The average molecular weight is 348 g/mol. The first kappa shape index (κ1) is 16.6. The second kappa shape index (κ2) is 5.99. The Morgan fingerprint density at radius 3 is 2.58 bits per heavy atom. The van der Waals surface area contributed by atoms with Crippen molar-refractivity contribution in [3.63, 3.8) is 0 Å². The molecule has 1 aliphatic rings. The zero-order chi connectivity index (χ0) is 17.5. The molecule has 4 N–H and O–H groups in total. The molecule has 0 fully saturated rings. The molecule has 6 nitrogen and oxygen atoms in total. The number of hydrogen-bond donors (Lipinski definition) is 4. The molecule has 0 aromatic heterocycles. The summed E-state index contributed by atoms with van der Waals surface area (Å²) in [5, 5.41) is 22.6. The average Bonchev–Trinajstić information content (AvgIpc) is 2.51. The van der Waals surface area contributed by atoms with Gasteiger partial charge in [0.2, 0.25) is 10.0 Å². The first-order chi connectivity index (χ1) is 11.3. The summed E-state index contributed by atoms with van der Waals surface area (Å²) in [5.74, 6) is -0.274. The van der Waals surface area contributed by atoms with E-state index in [0.717, 1.165) is 28.5 Å². The van der Waals surface area contributed by atoms with E-state index in [1.54, 1.807) is 18.2 Å². The summed E-state index contributed by atoms with van der Waals surface area (Å²) in [6.07, 6.45) is 1.13. The molecule has 1 heterocycles. The molecule has 0 amide bonds. The van der Waals surface area contributed by atoms with Gasteiger partial charge in [0.1, 0.15) is 0 Å². The van der Waals surface area contributed by atoms with Crippen LogP contribution in [0.1, 0.15) is 28.2 Å². The lowest BCUT2D eigenvalue weighted by Crippen LogP contribution is -2.29. The van der Waals surface area contributed by atoms with E-state index in [0.29, 0.717) is 18.8 Å². The molecule has 3 rings (SSSR count). The lowest BCUT2D eigenvalue weighted by atomic mass is 9.83. The van der Waals surface area contributed by atoms with Crippen molar-refractivity contribution in [2.24, 2.45) is 0 Å². The predicted octanol–water partition coefficient (Wildman–Crippen LogP) is 2.01. The Labute approximate surface area is 141 Å². The molecule has 2 aromatic rings. The number of rotatable bonds is 3. The molecule has 7 heteroatoms. The van der Waals surface area contributed by atoms with E-state index in [2.05, 4.69) is 10.0 Å². The molecule has 0 saturated carbocycles. The number of nitrogens with one attached hydrogen (secondary N) is 2. The maximum atomic E-state index is 11.5. The van der Waals surface area contributed by atoms with Gasteiger partial charge < -0.3 is 15.5 Å². The number of anilines is 1. The van der Waals surface area contributed by atoms with Gasteiger partial charge in [-0.3, -0.25) is 4.72 Å². The van der Waals surface area contributed by atoms with E-state index in [9.17, 15) is 18.6 Å². The Bertz CT molecular complexity index is 894. The molecule has 0 radical (unpaired) electrons. The third-order valence-corrected chi connectivity index (χ3v) is 4.95. The summed E-state index contributed by atoms with van der Waals surface area (Å²) < 4.78 is 25.5. The first-order valence-electron chi connectivity index (χ1n) is 7.59. The van der Waals surface area contributed by atoms with Crippen LogP contribution >= 0.6 is 0 Å². The maximum absolute atomic E-state index is 11.5. The van der Waals surface area contributed by atoms with Crippen LogP contribution in [0.4, 0.5) is 5.69 Å². The van der Waals surface area contributed by atoms with Crippen molar-refractivity contribution < 1.29 is 18.6 Å². The summed E-state index contributed by atoms with van der Waals surface area (Å²) in [4.78, 5) is 0. The van der Waals surface area contributed by atoms with E-state index >= 15 is 0 Å². The zero-order valence-corrected chi connectivity index (χ0v) is 14.3. The highest BCUT2D eigenvalue weighted by atomic mass is 32.2. The van der Waals surface area contributed by atoms with E-state index in [1.807, 2.05) is 13.0 Å². The van der Waals surface area contributed by atoms with Crippen LogP contribution < -0.4 is 10.0 Å². The third-order valence-electron chi connectivity index (χ3n) is 4.36. The minimum Gasteiger partial charge on any atom is -0.504 e. The van der Waals surface area contributed by atoms with Gasteiger partial charge in [-0.1, -0.05) is 12.1 Å². The zero-order valence-electron chi connectivity index (χ0n) is 13.5. The predicted molar refractivity (Wildman–Crippen MR) is 93.0 cm³/mol. The largest absolute Gasteiger partial charge is 0.504 e. The van der Waals surface area contributed by atoms with Gasteiger partial charge in [-0.25, -0.2) is 8.42 Å². The van der Waals surface area contributed by atoms with Gasteiger partial charge in [-0.2, -0.15) is 0 Å². The van der Waals surface area contributed by atoms with Crippen molar-refractivity contribution in [3.05, 3.63) is 52.6 Å². The number of sulfonamides is 1. The van der Waals surface area contributed by atoms with Crippen LogP contribution in [0.15, 0.2) is 30.3 Å². The van der Waals surface area contributed by atoms with Gasteiger partial charge in [-0.15, -0.1) is 0 Å². The molecule has 0 saturated heterocycles. The summed E-state index contributed by atoms with van der Waals surface area (Å²) in [7, 11) is -3.33. The van der Waals surface area contributed by atoms with Crippen molar-refractivity contribution in [3.8, 4) is 11.5 Å². The van der Waals surface area contributed by atoms with Gasteiger partial charge in [0.25, 0.3) is 0 Å². The Morgan fingerprint density at radius 2 is 1.92 bits per heavy atom. The molecule has 2 aromatic carbocycles. The number of aromatic hydroxyl groups is 2. The highest BCUT2D eigenvalue weighted by Crippen LogP contribution is 2.37. The standard InChI is InChI=1S/C17H20N2O4S/c1-10-13-8-18-9-14(11-3-6-16(20)17(21)7-11)12(13)4-5-15(10)19-24(2,22)23/h3-7,14,18-21H,8-9H2,1-2H3. The monoisotopic (exact) mass is 348 g/mol. The number of phenolic OH excluding ortho intramolecular Hbond substituents is 2. The Hall–Kier alpha value is -2.25. The number of hydrogen-bond acceptors (Lipinski definition) is 5. The summed E-state index contributed by atoms with van der Waals surface area (Å²) in [6, 6.07) is 8.52. The summed E-state index contributed by atoms with van der Waals surface area (Å²) in [5.41, 5.74) is 4.50. The van der Waals surface area contributed by atoms with E-state index in [4.69, 9.17) is 0 Å². The minimum absolute atomic E-state index is 0.0197. The number of phenols is 2. The van der Waals surface area contributed by atoms with Crippen LogP contribution in [0.2, 0.25) is 0 Å². The quantitative estimate of drug-likeness (QED) is 0.636. The van der Waals surface area contributed by atoms with Gasteiger partial charge >= 0.3 is 0 Å². The van der Waals surface area contributed by atoms with Gasteiger partial charge in [0, 0.05) is 19.0 Å². The molecule has 0 spiro atoms. The second-order valence-electron chi connectivity index (χ2n) is 6.11. The van der Waals surface area contributed by atoms with E-state index in [-0.39, 0.29) is 17.4 Å². The topological polar surface area (TPSA) is 98.7 Å². The van der Waals surface area contributed by atoms with Crippen molar-refractivity contribution in [1.82, 2.24) is 5.32 Å². The minimum atomic E-state index is -3.33. The van der Waals surface area contributed by atoms with E-state index < -0.39 is 10.0 Å². The van der Waals surface area contributed by atoms with Crippen LogP contribution in [0, 0.1) is 6.92 Å². The molecule has 0 aliphatic carbocycles. The Morgan fingerprint density at radius 1 is 1.17 bits per heavy atom. The Kier molecular flexibility index (Phi) is 4.15. The fourth-order valence-electron chi connectivity index (χ4n) is 3.16. The van der Waals surface area contributed by atoms with Crippen molar-refractivity contribution >= 4 is 15.7 Å². The summed E-state index contributed by atoms with van der Waals surface area (Å²) in [6.45, 7) is 3.25. The lowest BCUT2D eigenvalue weighted by Gasteiger charge is -2.29. The van der Waals surface area contributed by atoms with Crippen LogP contribution in [0.3, 0.4) is 0 Å². The third kappa shape index (κ3) is 3.18. The summed E-state index contributed by atoms with van der Waals surface area (Å²) >= 11 is 0. The van der Waals surface area contributed by atoms with Gasteiger partial charge in [-0.05, 0) is 47.4 Å². The van der Waals surface area contributed by atoms with Crippen LogP contribution in [0.25, 0.3) is 0 Å². The number of benzene rings is 2. The highest BCUT2D eigenvalue weighted by molar-refractivity contribution is 7.92. The van der Waals surface area contributed by atoms with Crippen LogP contribution in [0.5, 0.6) is 11.5 Å². The SMILES string of the molecule is Cc1c(NS(C)(=O)=O)ccc2c1CNCC2c1ccc(O)c(O)c1. The number of fused-ring (bicyclic) bond motifs is 1. The molecule has 1 atom stereocenters. The first-order valence-corrected chi connectivity index (χ1v) is 9.48. The Balaban J connectivity index is 2.05. The van der Waals surface area contributed by atoms with E-state index in [1.165, 1.54) is 6.07 Å². The maximum Gasteiger partial charge on any atom is 0.229 e. The fraction of sp³-hybridized carbons (Fsp3) is 0.294. The van der Waals surface area contributed by atoms with Gasteiger partial charge in [0.05, 0.1) is 11.9 Å². The molecule has 1 aliphatic heterocycles. The van der Waals surface area contributed by atoms with Gasteiger partial charge in [0.15, 0.2) is 11.5 Å². The molecular weight excluding hydrogens is 328 g/mol. The van der Waals surface area contributed by atoms with Crippen molar-refractivity contribution in [1.29, 1.82) is 0 Å². The smallest absolute Gasteiger partial charge is 0.229 e. The molecule has 1 unspecified atom stereocenters. The molecule has 24 heavy (non-hydrogen) atoms. The second-order valence-corrected chi connectivity index (χ2v) is 7.86. The van der Waals surface area contributed by atoms with Crippen molar-refractivity contribution in [2.45, 2.75) is 19.4 Å². The van der Waals surface area contributed by atoms with Crippen LogP contribution in [-0.4, -0.2) is 31.4 Å².